The van der Waals surface area contributed by atoms with Crippen molar-refractivity contribution < 1.29 is 0 Å². The van der Waals surface area contributed by atoms with E-state index in [4.69, 9.17) is 0 Å². The van der Waals surface area contributed by atoms with Crippen molar-refractivity contribution >= 4 is 11.4 Å². The van der Waals surface area contributed by atoms with Crippen LogP contribution in [0.15, 0.2) is 64.8 Å². The first-order valence-electron chi connectivity index (χ1n) is 6.86. The van der Waals surface area contributed by atoms with Gasteiger partial charge in [0.15, 0.2) is 0 Å². The molecule has 98 valence electrons. The van der Waals surface area contributed by atoms with Crippen LogP contribution in [0, 0.1) is 0 Å². The van der Waals surface area contributed by atoms with Crippen LogP contribution in [-0.4, -0.2) is 0 Å². The summed E-state index contributed by atoms with van der Waals surface area (Å²) in [4.78, 5) is 0. The first kappa shape index (κ1) is 13.5. The van der Waals surface area contributed by atoms with E-state index >= 15 is 0 Å². The van der Waals surface area contributed by atoms with Gasteiger partial charge in [0.1, 0.15) is 0 Å². The molecule has 19 heavy (non-hydrogen) atoms. The van der Waals surface area contributed by atoms with Gasteiger partial charge in [-0.15, -0.1) is 0 Å². The molecule has 0 unspecified atom stereocenters. The van der Waals surface area contributed by atoms with Gasteiger partial charge in [0, 0.05) is 0 Å². The van der Waals surface area contributed by atoms with E-state index in [1.165, 1.54) is 18.4 Å². The van der Waals surface area contributed by atoms with Gasteiger partial charge < -0.3 is 0 Å². The van der Waals surface area contributed by atoms with Gasteiger partial charge >= 0.3 is 0 Å². The average molecular weight is 252 g/mol. The lowest BCUT2D eigenvalue weighted by Crippen LogP contribution is -1.91. The standard InChI is InChI=1S/C17H20N2/c1-3-8-14(2)15-9-7-12-17(13-15)19-18-16-10-5-4-6-11-16/h4-7,9-14H,3,8H2,1-2H3/t14-/m1/s1. The van der Waals surface area contributed by atoms with E-state index in [0.717, 1.165) is 11.4 Å². The fourth-order valence-corrected chi connectivity index (χ4v) is 2.10. The Labute approximate surface area is 115 Å². The molecule has 0 spiro atoms. The maximum atomic E-state index is 4.30. The second-order valence-electron chi connectivity index (χ2n) is 4.82. The molecule has 2 nitrogen and oxygen atoms in total. The van der Waals surface area contributed by atoms with E-state index in [-0.39, 0.29) is 0 Å². The van der Waals surface area contributed by atoms with Crippen LogP contribution < -0.4 is 0 Å². The van der Waals surface area contributed by atoms with E-state index in [2.05, 4.69) is 42.3 Å². The zero-order valence-corrected chi connectivity index (χ0v) is 11.6. The van der Waals surface area contributed by atoms with Gasteiger partial charge in [0.25, 0.3) is 0 Å². The van der Waals surface area contributed by atoms with Gasteiger partial charge in [-0.1, -0.05) is 50.6 Å². The molecule has 0 fully saturated rings. The fraction of sp³-hybridized carbons (Fsp3) is 0.294. The minimum Gasteiger partial charge on any atom is -0.151 e. The molecule has 0 aliphatic heterocycles. The number of azo groups is 1. The molecule has 0 heterocycles. The average Bonchev–Trinajstić information content (AvgIpc) is 2.47. The third-order valence-corrected chi connectivity index (χ3v) is 3.20. The third-order valence-electron chi connectivity index (χ3n) is 3.20. The highest BCUT2D eigenvalue weighted by Crippen LogP contribution is 2.25. The molecule has 0 aromatic heterocycles. The number of nitrogens with zero attached hydrogens (tertiary/aromatic N) is 2. The molecule has 2 aromatic carbocycles. The lowest BCUT2D eigenvalue weighted by molar-refractivity contribution is 0.665. The summed E-state index contributed by atoms with van der Waals surface area (Å²) in [5.41, 5.74) is 3.14. The summed E-state index contributed by atoms with van der Waals surface area (Å²) in [6.45, 7) is 4.48. The molecule has 0 aliphatic rings. The largest absolute Gasteiger partial charge is 0.151 e. The van der Waals surface area contributed by atoms with Crippen LogP contribution in [0.1, 0.15) is 38.2 Å². The monoisotopic (exact) mass is 252 g/mol. The molecule has 0 radical (unpaired) electrons. The molecule has 0 amide bonds. The maximum absolute atomic E-state index is 4.30. The maximum Gasteiger partial charge on any atom is 0.0859 e. The minimum atomic E-state index is 0.580. The Balaban J connectivity index is 2.13. The van der Waals surface area contributed by atoms with Crippen LogP contribution in [0.2, 0.25) is 0 Å². The highest BCUT2D eigenvalue weighted by atomic mass is 15.1. The van der Waals surface area contributed by atoms with Gasteiger partial charge in [0.05, 0.1) is 11.4 Å². The third kappa shape index (κ3) is 4.02. The summed E-state index contributed by atoms with van der Waals surface area (Å²) in [5.74, 6) is 0.580. The lowest BCUT2D eigenvalue weighted by atomic mass is 9.96. The van der Waals surface area contributed by atoms with E-state index in [0.29, 0.717) is 5.92 Å². The zero-order valence-electron chi connectivity index (χ0n) is 11.6. The summed E-state index contributed by atoms with van der Waals surface area (Å²) in [6.07, 6.45) is 2.41. The number of hydrogen-bond donors (Lipinski definition) is 0. The van der Waals surface area contributed by atoms with E-state index in [1.807, 2.05) is 36.4 Å². The molecular weight excluding hydrogens is 232 g/mol. The normalized spacial score (nSPS) is 12.7. The van der Waals surface area contributed by atoms with E-state index in [1.54, 1.807) is 0 Å². The Morgan fingerprint density at radius 2 is 1.58 bits per heavy atom. The zero-order chi connectivity index (χ0) is 13.5. The number of rotatable bonds is 5. The molecule has 2 heteroatoms. The lowest BCUT2D eigenvalue weighted by Gasteiger charge is -2.10. The molecule has 2 rings (SSSR count). The highest BCUT2D eigenvalue weighted by molar-refractivity contribution is 5.42. The Kier molecular flexibility index (Phi) is 4.85. The fourth-order valence-electron chi connectivity index (χ4n) is 2.10. The molecule has 1 atom stereocenters. The van der Waals surface area contributed by atoms with Crippen molar-refractivity contribution in [1.82, 2.24) is 0 Å². The Bertz CT molecular complexity index is 532. The van der Waals surface area contributed by atoms with Crippen molar-refractivity contribution in [3.05, 3.63) is 60.2 Å². The molecule has 0 saturated carbocycles. The van der Waals surface area contributed by atoms with E-state index < -0.39 is 0 Å². The van der Waals surface area contributed by atoms with E-state index in [9.17, 15) is 0 Å². The van der Waals surface area contributed by atoms with Crippen LogP contribution >= 0.6 is 0 Å². The van der Waals surface area contributed by atoms with Gasteiger partial charge in [-0.05, 0) is 42.2 Å². The minimum absolute atomic E-state index is 0.580. The van der Waals surface area contributed by atoms with Crippen molar-refractivity contribution in [2.75, 3.05) is 0 Å². The summed E-state index contributed by atoms with van der Waals surface area (Å²) in [7, 11) is 0. The Hall–Kier alpha value is -1.96. The van der Waals surface area contributed by atoms with Crippen LogP contribution in [0.25, 0.3) is 0 Å². The number of benzene rings is 2. The van der Waals surface area contributed by atoms with Gasteiger partial charge in [-0.25, -0.2) is 0 Å². The first-order valence-corrected chi connectivity index (χ1v) is 6.86. The molecule has 0 N–H and O–H groups in total. The van der Waals surface area contributed by atoms with Crippen LogP contribution in [-0.2, 0) is 0 Å². The SMILES string of the molecule is CCC[C@@H](C)c1cccc(N=Nc2ccccc2)c1. The van der Waals surface area contributed by atoms with Crippen molar-refractivity contribution in [3.63, 3.8) is 0 Å². The highest BCUT2D eigenvalue weighted by Gasteiger charge is 2.04. The second-order valence-corrected chi connectivity index (χ2v) is 4.82. The quantitative estimate of drug-likeness (QED) is 0.582. The molecule has 2 aromatic rings. The summed E-state index contributed by atoms with van der Waals surface area (Å²) < 4.78 is 0. The van der Waals surface area contributed by atoms with Crippen molar-refractivity contribution in [1.29, 1.82) is 0 Å². The molecule has 0 aliphatic carbocycles. The smallest absolute Gasteiger partial charge is 0.0859 e. The second kappa shape index (κ2) is 6.83. The number of hydrogen-bond acceptors (Lipinski definition) is 2. The summed E-state index contributed by atoms with van der Waals surface area (Å²) >= 11 is 0. The van der Waals surface area contributed by atoms with Crippen molar-refractivity contribution in [3.8, 4) is 0 Å². The Morgan fingerprint density at radius 1 is 0.895 bits per heavy atom. The van der Waals surface area contributed by atoms with Gasteiger partial charge in [0.2, 0.25) is 0 Å². The summed E-state index contributed by atoms with van der Waals surface area (Å²) in [5, 5.41) is 8.55. The predicted octanol–water partition coefficient (Wildman–Crippen LogP) is 6.01. The molecule has 0 bridgehead atoms. The molecular formula is C17H20N2. The van der Waals surface area contributed by atoms with Crippen LogP contribution in [0.5, 0.6) is 0 Å². The Morgan fingerprint density at radius 3 is 2.32 bits per heavy atom. The van der Waals surface area contributed by atoms with Crippen molar-refractivity contribution in [2.24, 2.45) is 10.2 Å². The van der Waals surface area contributed by atoms with Crippen LogP contribution in [0.3, 0.4) is 0 Å². The van der Waals surface area contributed by atoms with Gasteiger partial charge in [-0.3, -0.25) is 0 Å². The topological polar surface area (TPSA) is 24.7 Å². The summed E-state index contributed by atoms with van der Waals surface area (Å²) in [6, 6.07) is 18.2. The predicted molar refractivity (Wildman–Crippen MR) is 80.4 cm³/mol. The van der Waals surface area contributed by atoms with Gasteiger partial charge in [-0.2, -0.15) is 10.2 Å². The first-order chi connectivity index (χ1) is 9.29. The van der Waals surface area contributed by atoms with Crippen LogP contribution in [0.4, 0.5) is 11.4 Å². The molecule has 0 saturated heterocycles. The van der Waals surface area contributed by atoms with Crippen molar-refractivity contribution in [2.45, 2.75) is 32.6 Å².